The van der Waals surface area contributed by atoms with Crippen molar-refractivity contribution in [3.8, 4) is 17.2 Å². The van der Waals surface area contributed by atoms with Crippen LogP contribution in [0, 0.1) is 10.1 Å². The zero-order chi connectivity index (χ0) is 25.3. The molecule has 1 N–H and O–H groups in total. The van der Waals surface area contributed by atoms with Gasteiger partial charge in [0.25, 0.3) is 5.91 Å². The highest BCUT2D eigenvalue weighted by Gasteiger charge is 2.27. The first-order chi connectivity index (χ1) is 16.2. The van der Waals surface area contributed by atoms with Crippen LogP contribution in [0.15, 0.2) is 42.5 Å². The van der Waals surface area contributed by atoms with E-state index < -0.39 is 16.9 Å². The summed E-state index contributed by atoms with van der Waals surface area (Å²) in [6.07, 6.45) is 0.760. The van der Waals surface area contributed by atoms with E-state index in [1.54, 1.807) is 26.2 Å². The molecule has 0 heterocycles. The van der Waals surface area contributed by atoms with Crippen LogP contribution in [-0.2, 0) is 16.1 Å². The van der Waals surface area contributed by atoms with Crippen molar-refractivity contribution in [2.45, 2.75) is 45.8 Å². The van der Waals surface area contributed by atoms with Gasteiger partial charge in [0.2, 0.25) is 11.7 Å². The minimum absolute atomic E-state index is 0.0198. The van der Waals surface area contributed by atoms with Crippen molar-refractivity contribution in [2.75, 3.05) is 20.8 Å². The summed E-state index contributed by atoms with van der Waals surface area (Å²) in [5, 5.41) is 14.0. The first kappa shape index (κ1) is 26.4. The predicted molar refractivity (Wildman–Crippen MR) is 126 cm³/mol. The Morgan fingerprint density at radius 3 is 2.26 bits per heavy atom. The van der Waals surface area contributed by atoms with Gasteiger partial charge in [-0.3, -0.25) is 19.7 Å². The van der Waals surface area contributed by atoms with Crippen molar-refractivity contribution in [3.05, 3.63) is 58.1 Å². The number of amides is 2. The first-order valence-corrected chi connectivity index (χ1v) is 10.9. The number of carbonyl (C=O) groups is 2. The number of methoxy groups -OCH3 is 2. The molecule has 0 saturated heterocycles. The Labute approximate surface area is 198 Å². The molecule has 0 aromatic heterocycles. The zero-order valence-corrected chi connectivity index (χ0v) is 20.1. The number of nitro benzene ring substituents is 1. The van der Waals surface area contributed by atoms with Gasteiger partial charge in [0.05, 0.1) is 19.1 Å². The molecule has 2 rings (SSSR count). The third kappa shape index (κ3) is 7.09. The fourth-order valence-corrected chi connectivity index (χ4v) is 3.10. The summed E-state index contributed by atoms with van der Waals surface area (Å²) in [5.74, 6) is 0.246. The van der Waals surface area contributed by atoms with E-state index in [2.05, 4.69) is 5.32 Å². The average molecular weight is 474 g/mol. The van der Waals surface area contributed by atoms with E-state index >= 15 is 0 Å². The van der Waals surface area contributed by atoms with Gasteiger partial charge < -0.3 is 24.4 Å². The Bertz CT molecular complexity index is 995. The molecular weight excluding hydrogens is 442 g/mol. The van der Waals surface area contributed by atoms with E-state index in [0.29, 0.717) is 5.75 Å². The van der Waals surface area contributed by atoms with Crippen LogP contribution in [0.4, 0.5) is 5.69 Å². The van der Waals surface area contributed by atoms with Gasteiger partial charge in [-0.25, -0.2) is 0 Å². The molecule has 0 fully saturated rings. The highest BCUT2D eigenvalue weighted by Crippen LogP contribution is 2.30. The number of benzene rings is 2. The Kier molecular flexibility index (Phi) is 9.66. The molecule has 0 spiro atoms. The van der Waals surface area contributed by atoms with Crippen LogP contribution in [-0.4, -0.2) is 54.5 Å². The number of nitrogens with zero attached hydrogens (tertiary/aromatic N) is 2. The number of nitro groups is 1. The molecule has 10 nitrogen and oxygen atoms in total. The molecule has 0 bridgehead atoms. The third-order valence-corrected chi connectivity index (χ3v) is 5.39. The van der Waals surface area contributed by atoms with Gasteiger partial charge in [0.15, 0.2) is 6.61 Å². The van der Waals surface area contributed by atoms with E-state index in [0.717, 1.165) is 12.0 Å². The van der Waals surface area contributed by atoms with Crippen molar-refractivity contribution >= 4 is 17.5 Å². The van der Waals surface area contributed by atoms with E-state index in [1.165, 1.54) is 30.2 Å². The molecule has 0 aliphatic carbocycles. The maximum absolute atomic E-state index is 13.1. The van der Waals surface area contributed by atoms with Crippen molar-refractivity contribution < 1.29 is 28.7 Å². The molecule has 0 aliphatic heterocycles. The molecule has 0 radical (unpaired) electrons. The molecule has 10 heteroatoms. The fraction of sp³-hybridized carbons (Fsp3) is 0.417. The van der Waals surface area contributed by atoms with Crippen LogP contribution in [0.1, 0.15) is 32.8 Å². The number of rotatable bonds is 12. The molecule has 2 amide bonds. The van der Waals surface area contributed by atoms with Crippen LogP contribution in [0.3, 0.4) is 0 Å². The van der Waals surface area contributed by atoms with Crippen LogP contribution >= 0.6 is 0 Å². The number of carbonyl (C=O) groups excluding carboxylic acids is 2. The van der Waals surface area contributed by atoms with Gasteiger partial charge in [-0.15, -0.1) is 0 Å². The van der Waals surface area contributed by atoms with Crippen molar-refractivity contribution in [2.24, 2.45) is 0 Å². The Morgan fingerprint density at radius 2 is 1.71 bits per heavy atom. The van der Waals surface area contributed by atoms with Crippen LogP contribution < -0.4 is 19.5 Å². The average Bonchev–Trinajstić information content (AvgIpc) is 2.85. The standard InChI is InChI=1S/C24H31N3O7/c1-6-16(2)25-24(29)17(3)26(14-18-7-9-19(32-4)10-8-18)23(28)15-34-20-11-12-21(27(30)31)22(13-20)33-5/h7-13,16-17H,6,14-15H2,1-5H3,(H,25,29)/t16-,17+/m1/s1. The molecular formula is C24H31N3O7. The van der Waals surface area contributed by atoms with Crippen LogP contribution in [0.25, 0.3) is 0 Å². The summed E-state index contributed by atoms with van der Waals surface area (Å²) in [6.45, 7) is 5.34. The Hall–Kier alpha value is -3.82. The normalized spacial score (nSPS) is 12.3. The summed E-state index contributed by atoms with van der Waals surface area (Å²) in [7, 11) is 2.88. The third-order valence-electron chi connectivity index (χ3n) is 5.39. The number of nitrogens with one attached hydrogen (secondary N) is 1. The first-order valence-electron chi connectivity index (χ1n) is 10.9. The number of hydrogen-bond donors (Lipinski definition) is 1. The SMILES string of the molecule is CC[C@@H](C)NC(=O)[C@H](C)N(Cc1ccc(OC)cc1)C(=O)COc1ccc([N+](=O)[O-])c(OC)c1. The lowest BCUT2D eigenvalue weighted by Crippen LogP contribution is -2.50. The minimum Gasteiger partial charge on any atom is -0.497 e. The molecule has 0 unspecified atom stereocenters. The highest BCUT2D eigenvalue weighted by atomic mass is 16.6. The van der Waals surface area contributed by atoms with E-state index in [1.807, 2.05) is 26.0 Å². The summed E-state index contributed by atoms with van der Waals surface area (Å²) in [4.78, 5) is 37.8. The molecule has 0 aliphatic rings. The molecule has 34 heavy (non-hydrogen) atoms. The monoisotopic (exact) mass is 473 g/mol. The molecule has 2 atom stereocenters. The van der Waals surface area contributed by atoms with E-state index in [9.17, 15) is 19.7 Å². The van der Waals surface area contributed by atoms with Gasteiger partial charge >= 0.3 is 5.69 Å². The minimum atomic E-state index is -0.751. The lowest BCUT2D eigenvalue weighted by molar-refractivity contribution is -0.385. The lowest BCUT2D eigenvalue weighted by atomic mass is 10.1. The second kappa shape index (κ2) is 12.4. The summed E-state index contributed by atoms with van der Waals surface area (Å²) in [6, 6.07) is 10.4. The Balaban J connectivity index is 2.20. The lowest BCUT2D eigenvalue weighted by Gasteiger charge is -2.29. The number of hydrogen-bond acceptors (Lipinski definition) is 7. The van der Waals surface area contributed by atoms with Gasteiger partial charge in [0.1, 0.15) is 17.5 Å². The van der Waals surface area contributed by atoms with E-state index in [-0.39, 0.29) is 42.3 Å². The van der Waals surface area contributed by atoms with Crippen molar-refractivity contribution in [1.29, 1.82) is 0 Å². The smallest absolute Gasteiger partial charge is 0.311 e. The van der Waals surface area contributed by atoms with Gasteiger partial charge in [-0.1, -0.05) is 19.1 Å². The molecule has 2 aromatic rings. The maximum atomic E-state index is 13.1. The second-order valence-corrected chi connectivity index (χ2v) is 7.74. The van der Waals surface area contributed by atoms with Gasteiger partial charge in [-0.2, -0.15) is 0 Å². The quantitative estimate of drug-likeness (QED) is 0.371. The number of ether oxygens (including phenoxy) is 3. The maximum Gasteiger partial charge on any atom is 0.311 e. The van der Waals surface area contributed by atoms with Crippen molar-refractivity contribution in [3.63, 3.8) is 0 Å². The Morgan fingerprint density at radius 1 is 1.06 bits per heavy atom. The van der Waals surface area contributed by atoms with Gasteiger partial charge in [0, 0.05) is 24.7 Å². The van der Waals surface area contributed by atoms with Crippen LogP contribution in [0.2, 0.25) is 0 Å². The largest absolute Gasteiger partial charge is 0.497 e. The zero-order valence-electron chi connectivity index (χ0n) is 20.1. The summed E-state index contributed by atoms with van der Waals surface area (Å²) < 4.78 is 15.8. The fourth-order valence-electron chi connectivity index (χ4n) is 3.10. The van der Waals surface area contributed by atoms with Gasteiger partial charge in [-0.05, 0) is 44.0 Å². The predicted octanol–water partition coefficient (Wildman–Crippen LogP) is 3.32. The highest BCUT2D eigenvalue weighted by molar-refractivity contribution is 5.88. The summed E-state index contributed by atoms with van der Waals surface area (Å²) >= 11 is 0. The van der Waals surface area contributed by atoms with Crippen molar-refractivity contribution in [1.82, 2.24) is 10.2 Å². The second-order valence-electron chi connectivity index (χ2n) is 7.74. The topological polar surface area (TPSA) is 120 Å². The summed E-state index contributed by atoms with van der Waals surface area (Å²) in [5.41, 5.74) is 0.604. The molecule has 184 valence electrons. The molecule has 2 aromatic carbocycles. The van der Waals surface area contributed by atoms with E-state index in [4.69, 9.17) is 14.2 Å². The molecule has 0 saturated carbocycles. The van der Waals surface area contributed by atoms with Crippen LogP contribution in [0.5, 0.6) is 17.2 Å².